The standard InChI is InChI=1S/C44H66BrNO5/c1-27(2)25-33(38(48)49)46-39(50)44-21-15-31(28(3)26-51-24-18-29-9-11-30(45)12-10-29)37(44)32-13-14-35-41(6)19-17-36(47)40(4,5)34(41)16-20-43(35,8)42(32,7)22-23-44/h9-12,27,31-37,47H,3,13-26H2,1-2,4-8H3,(H,46,50)(H,48,49)/t31-,32?,33?,34?,35?,36-,37?,41-,42+,43+,44-/m0/s1. The Hall–Kier alpha value is -1.70. The molecular weight excluding hydrogens is 702 g/mol. The van der Waals surface area contributed by atoms with Gasteiger partial charge in [0, 0.05) is 4.47 Å². The fraction of sp³-hybridized carbons (Fsp3) is 0.773. The summed E-state index contributed by atoms with van der Waals surface area (Å²) in [5, 5.41) is 24.4. The lowest BCUT2D eigenvalue weighted by molar-refractivity contribution is -0.246. The molecule has 0 bridgehead atoms. The van der Waals surface area contributed by atoms with Gasteiger partial charge in [-0.15, -0.1) is 0 Å². The molecule has 51 heavy (non-hydrogen) atoms. The summed E-state index contributed by atoms with van der Waals surface area (Å²) in [6.07, 6.45) is 11.0. The number of aliphatic hydroxyl groups is 1. The minimum absolute atomic E-state index is 0.0416. The summed E-state index contributed by atoms with van der Waals surface area (Å²) in [7, 11) is 0. The van der Waals surface area contributed by atoms with E-state index < -0.39 is 17.4 Å². The Morgan fingerprint density at radius 1 is 0.922 bits per heavy atom. The number of rotatable bonds is 11. The third-order valence-electron chi connectivity index (χ3n) is 16.4. The molecule has 0 radical (unpaired) electrons. The minimum Gasteiger partial charge on any atom is -0.480 e. The first kappa shape index (κ1) is 39.0. The summed E-state index contributed by atoms with van der Waals surface area (Å²) in [5.74, 6) is 0.881. The Bertz CT molecular complexity index is 1470. The molecule has 5 aliphatic carbocycles. The van der Waals surface area contributed by atoms with Gasteiger partial charge in [-0.05, 0) is 157 Å². The lowest BCUT2D eigenvalue weighted by atomic mass is 9.32. The summed E-state index contributed by atoms with van der Waals surface area (Å²) in [6, 6.07) is 7.50. The Morgan fingerprint density at radius 3 is 2.29 bits per heavy atom. The van der Waals surface area contributed by atoms with Crippen molar-refractivity contribution in [3.8, 4) is 0 Å². The third kappa shape index (κ3) is 6.49. The van der Waals surface area contributed by atoms with Crippen LogP contribution in [0.15, 0.2) is 40.9 Å². The van der Waals surface area contributed by atoms with E-state index in [4.69, 9.17) is 4.74 Å². The first-order valence-electron chi connectivity index (χ1n) is 20.1. The van der Waals surface area contributed by atoms with Gasteiger partial charge in [0.25, 0.3) is 0 Å². The highest BCUT2D eigenvalue weighted by Gasteiger charge is 2.72. The Balaban J connectivity index is 1.29. The van der Waals surface area contributed by atoms with Crippen molar-refractivity contribution in [2.24, 2.45) is 62.6 Å². The normalized spacial score (nSPS) is 40.4. The van der Waals surface area contributed by atoms with Gasteiger partial charge in [0.2, 0.25) is 5.91 Å². The van der Waals surface area contributed by atoms with Crippen LogP contribution >= 0.6 is 15.9 Å². The number of aliphatic carboxylic acids is 1. The van der Waals surface area contributed by atoms with Crippen LogP contribution in [0.4, 0.5) is 0 Å². The molecule has 5 aliphatic rings. The van der Waals surface area contributed by atoms with Gasteiger partial charge in [0.05, 0.1) is 24.7 Å². The summed E-state index contributed by atoms with van der Waals surface area (Å²) in [5.41, 5.74) is 2.00. The average molecular weight is 769 g/mol. The molecule has 5 fully saturated rings. The quantitative estimate of drug-likeness (QED) is 0.154. The van der Waals surface area contributed by atoms with E-state index in [1.54, 1.807) is 0 Å². The zero-order chi connectivity index (χ0) is 37.1. The Kier molecular flexibility index (Phi) is 10.8. The molecule has 0 saturated heterocycles. The van der Waals surface area contributed by atoms with Crippen molar-refractivity contribution in [2.75, 3.05) is 13.2 Å². The molecule has 11 atom stereocenters. The van der Waals surface area contributed by atoms with E-state index in [9.17, 15) is 19.8 Å². The summed E-state index contributed by atoms with van der Waals surface area (Å²) >= 11 is 3.52. The van der Waals surface area contributed by atoms with Gasteiger partial charge < -0.3 is 20.3 Å². The van der Waals surface area contributed by atoms with Crippen LogP contribution in [0.1, 0.15) is 125 Å². The SMILES string of the molecule is C=C(COCCc1ccc(Br)cc1)[C@@H]1CC[C@]2(C(=O)NC(CC(C)C)C(=O)O)CC[C@]3(C)C(CCC4[C@@]5(C)CC[C@H](O)C(C)(C)C5CC[C@]43C)C12. The number of benzene rings is 1. The smallest absolute Gasteiger partial charge is 0.326 e. The van der Waals surface area contributed by atoms with Crippen LogP contribution in [0.5, 0.6) is 0 Å². The molecule has 1 amide bonds. The Labute approximate surface area is 316 Å². The van der Waals surface area contributed by atoms with E-state index in [1.165, 1.54) is 5.56 Å². The molecule has 1 aromatic carbocycles. The molecule has 6 rings (SSSR count). The van der Waals surface area contributed by atoms with Gasteiger partial charge in [-0.2, -0.15) is 0 Å². The largest absolute Gasteiger partial charge is 0.480 e. The summed E-state index contributed by atoms with van der Waals surface area (Å²) in [4.78, 5) is 27.1. The summed E-state index contributed by atoms with van der Waals surface area (Å²) in [6.45, 7) is 22.2. The van der Waals surface area contributed by atoms with Crippen LogP contribution in [-0.4, -0.2) is 47.4 Å². The first-order chi connectivity index (χ1) is 23.9. The van der Waals surface area contributed by atoms with Gasteiger partial charge >= 0.3 is 5.97 Å². The molecule has 3 N–H and O–H groups in total. The van der Waals surface area contributed by atoms with Gasteiger partial charge in [0.15, 0.2) is 0 Å². The predicted octanol–water partition coefficient (Wildman–Crippen LogP) is 9.62. The van der Waals surface area contributed by atoms with Crippen LogP contribution in [0.3, 0.4) is 0 Å². The number of hydrogen-bond donors (Lipinski definition) is 3. The second-order valence-electron chi connectivity index (χ2n) is 19.5. The van der Waals surface area contributed by atoms with Crippen molar-refractivity contribution >= 4 is 27.8 Å². The molecular formula is C44H66BrNO5. The van der Waals surface area contributed by atoms with Gasteiger partial charge in [-0.3, -0.25) is 4.79 Å². The fourth-order valence-corrected chi connectivity index (χ4v) is 13.8. The second-order valence-corrected chi connectivity index (χ2v) is 20.4. The lowest BCUT2D eigenvalue weighted by Crippen LogP contribution is -2.67. The number of carboxylic acid groups (broad SMARTS) is 1. The maximum Gasteiger partial charge on any atom is 0.326 e. The van der Waals surface area contributed by atoms with Crippen LogP contribution < -0.4 is 5.32 Å². The third-order valence-corrected chi connectivity index (χ3v) is 17.0. The molecule has 6 nitrogen and oxygen atoms in total. The number of halogens is 1. The number of carbonyl (C=O) groups is 2. The van der Waals surface area contributed by atoms with Crippen LogP contribution in [-0.2, 0) is 20.7 Å². The van der Waals surface area contributed by atoms with Crippen molar-refractivity contribution in [3.05, 3.63) is 46.5 Å². The van der Waals surface area contributed by atoms with E-state index in [-0.39, 0.29) is 51.4 Å². The first-order valence-corrected chi connectivity index (χ1v) is 20.9. The van der Waals surface area contributed by atoms with Crippen molar-refractivity contribution in [1.29, 1.82) is 0 Å². The zero-order valence-electron chi connectivity index (χ0n) is 32.5. The number of fused-ring (bicyclic) bond motifs is 7. The van der Waals surface area contributed by atoms with Crippen molar-refractivity contribution in [3.63, 3.8) is 0 Å². The number of nitrogens with one attached hydrogen (secondary N) is 1. The van der Waals surface area contributed by atoms with Crippen LogP contribution in [0.25, 0.3) is 0 Å². The maximum atomic E-state index is 14.7. The van der Waals surface area contributed by atoms with E-state index in [0.717, 1.165) is 80.7 Å². The van der Waals surface area contributed by atoms with E-state index in [0.29, 0.717) is 37.4 Å². The highest BCUT2D eigenvalue weighted by molar-refractivity contribution is 9.10. The highest BCUT2D eigenvalue weighted by Crippen LogP contribution is 2.77. The molecule has 1 aromatic rings. The van der Waals surface area contributed by atoms with E-state index in [2.05, 4.69) is 86.7 Å². The lowest BCUT2D eigenvalue weighted by Gasteiger charge is -2.72. The highest BCUT2D eigenvalue weighted by atomic mass is 79.9. The zero-order valence-corrected chi connectivity index (χ0v) is 34.1. The van der Waals surface area contributed by atoms with Crippen molar-refractivity contribution in [1.82, 2.24) is 5.32 Å². The van der Waals surface area contributed by atoms with Gasteiger partial charge in [-0.1, -0.05) is 83.1 Å². The van der Waals surface area contributed by atoms with E-state index >= 15 is 0 Å². The summed E-state index contributed by atoms with van der Waals surface area (Å²) < 4.78 is 7.38. The van der Waals surface area contributed by atoms with Gasteiger partial charge in [0.1, 0.15) is 6.04 Å². The molecule has 5 saturated carbocycles. The second kappa shape index (κ2) is 14.2. The molecule has 284 valence electrons. The number of amides is 1. The van der Waals surface area contributed by atoms with Crippen molar-refractivity contribution in [2.45, 2.75) is 138 Å². The molecule has 5 unspecified atom stereocenters. The number of hydrogen-bond acceptors (Lipinski definition) is 4. The maximum absolute atomic E-state index is 14.7. The average Bonchev–Trinajstić information content (AvgIpc) is 3.47. The molecule has 0 spiro atoms. The molecule has 0 heterocycles. The fourth-order valence-electron chi connectivity index (χ4n) is 13.6. The minimum atomic E-state index is -0.942. The predicted molar refractivity (Wildman–Crippen MR) is 207 cm³/mol. The van der Waals surface area contributed by atoms with E-state index in [1.807, 2.05) is 13.8 Å². The Morgan fingerprint density at radius 2 is 1.63 bits per heavy atom. The number of ether oxygens (including phenoxy) is 1. The molecule has 0 aliphatic heterocycles. The number of carboxylic acids is 1. The number of aliphatic hydroxyl groups excluding tert-OH is 1. The monoisotopic (exact) mass is 767 g/mol. The molecule has 7 heteroatoms. The van der Waals surface area contributed by atoms with Gasteiger partial charge in [-0.25, -0.2) is 4.79 Å². The van der Waals surface area contributed by atoms with Crippen LogP contribution in [0.2, 0.25) is 0 Å². The number of carbonyl (C=O) groups excluding carboxylic acids is 1. The van der Waals surface area contributed by atoms with Crippen molar-refractivity contribution < 1.29 is 24.5 Å². The molecule has 0 aromatic heterocycles. The topological polar surface area (TPSA) is 95.9 Å². The van der Waals surface area contributed by atoms with Crippen LogP contribution in [0, 0.1) is 62.6 Å².